The smallest absolute Gasteiger partial charge is 0.387 e. The number of amides is 2. The van der Waals surface area contributed by atoms with Gasteiger partial charge < -0.3 is 29.2 Å². The van der Waals surface area contributed by atoms with Gasteiger partial charge in [0.1, 0.15) is 11.5 Å². The van der Waals surface area contributed by atoms with E-state index in [9.17, 15) is 18.4 Å². The summed E-state index contributed by atoms with van der Waals surface area (Å²) < 4.78 is 45.2. The molecule has 2 aromatic carbocycles. The van der Waals surface area contributed by atoms with Crippen molar-refractivity contribution in [2.75, 3.05) is 38.1 Å². The first-order chi connectivity index (χ1) is 14.9. The van der Waals surface area contributed by atoms with Gasteiger partial charge in [-0.1, -0.05) is 0 Å². The maximum Gasteiger partial charge on any atom is 0.387 e. The molecule has 3 rings (SSSR count). The van der Waals surface area contributed by atoms with E-state index in [1.54, 1.807) is 18.2 Å². The zero-order valence-electron chi connectivity index (χ0n) is 17.2. The van der Waals surface area contributed by atoms with E-state index >= 15 is 0 Å². The summed E-state index contributed by atoms with van der Waals surface area (Å²) in [6.45, 7) is -2.91. The monoisotopic (exact) mass is 436 g/mol. The Morgan fingerprint density at radius 1 is 1.03 bits per heavy atom. The number of hydrogen-bond donors (Lipinski definition) is 1. The molecule has 0 aliphatic carbocycles. The Balaban J connectivity index is 1.75. The molecule has 166 valence electrons. The van der Waals surface area contributed by atoms with Gasteiger partial charge in [-0.15, -0.1) is 0 Å². The summed E-state index contributed by atoms with van der Waals surface area (Å²) in [5, 5.41) is 2.64. The Kier molecular flexibility index (Phi) is 6.78. The van der Waals surface area contributed by atoms with E-state index in [-0.39, 0.29) is 36.1 Å². The highest BCUT2D eigenvalue weighted by Gasteiger charge is 2.36. The van der Waals surface area contributed by atoms with Crippen LogP contribution in [0.4, 0.5) is 20.2 Å². The van der Waals surface area contributed by atoms with E-state index in [1.807, 2.05) is 0 Å². The minimum Gasteiger partial charge on any atom is -0.497 e. The number of benzene rings is 2. The normalized spacial score (nSPS) is 15.7. The predicted octanol–water partition coefficient (Wildman–Crippen LogP) is 3.31. The topological polar surface area (TPSA) is 86.3 Å². The minimum atomic E-state index is -3.04. The molecule has 31 heavy (non-hydrogen) atoms. The van der Waals surface area contributed by atoms with E-state index in [0.717, 1.165) is 0 Å². The third-order valence-corrected chi connectivity index (χ3v) is 4.82. The van der Waals surface area contributed by atoms with Crippen LogP contribution in [0.1, 0.15) is 6.42 Å². The van der Waals surface area contributed by atoms with Gasteiger partial charge in [0.25, 0.3) is 0 Å². The number of alkyl halides is 2. The lowest BCUT2D eigenvalue weighted by atomic mass is 10.1. The van der Waals surface area contributed by atoms with Crippen LogP contribution in [-0.4, -0.2) is 46.3 Å². The van der Waals surface area contributed by atoms with Gasteiger partial charge in [-0.2, -0.15) is 8.78 Å². The lowest BCUT2D eigenvalue weighted by Gasteiger charge is -2.20. The second kappa shape index (κ2) is 9.50. The lowest BCUT2D eigenvalue weighted by molar-refractivity contribution is -0.122. The van der Waals surface area contributed by atoms with Gasteiger partial charge in [-0.05, 0) is 24.3 Å². The summed E-state index contributed by atoms with van der Waals surface area (Å²) in [6.07, 6.45) is -0.0112. The van der Waals surface area contributed by atoms with Crippen molar-refractivity contribution in [1.29, 1.82) is 0 Å². The Morgan fingerprint density at radius 2 is 1.74 bits per heavy atom. The molecule has 0 spiro atoms. The van der Waals surface area contributed by atoms with Crippen LogP contribution in [0.25, 0.3) is 0 Å². The number of nitrogens with one attached hydrogen (secondary N) is 1. The molecule has 0 radical (unpaired) electrons. The van der Waals surface area contributed by atoms with Crippen LogP contribution in [0, 0.1) is 5.92 Å². The highest BCUT2D eigenvalue weighted by molar-refractivity contribution is 6.04. The molecular weight excluding hydrogens is 414 g/mol. The number of carbonyl (C=O) groups excluding carboxylic acids is 2. The highest BCUT2D eigenvalue weighted by Crippen LogP contribution is 2.37. The second-order valence-corrected chi connectivity index (χ2v) is 6.68. The maximum atomic E-state index is 12.7. The van der Waals surface area contributed by atoms with E-state index in [2.05, 4.69) is 10.1 Å². The zero-order chi connectivity index (χ0) is 22.5. The molecule has 10 heteroatoms. The molecule has 0 aromatic heterocycles. The van der Waals surface area contributed by atoms with Gasteiger partial charge in [0.2, 0.25) is 11.8 Å². The number of anilines is 2. The largest absolute Gasteiger partial charge is 0.497 e. The predicted molar refractivity (Wildman–Crippen MR) is 108 cm³/mol. The highest BCUT2D eigenvalue weighted by atomic mass is 19.3. The van der Waals surface area contributed by atoms with E-state index in [4.69, 9.17) is 14.2 Å². The fourth-order valence-electron chi connectivity index (χ4n) is 3.31. The van der Waals surface area contributed by atoms with Crippen LogP contribution in [-0.2, 0) is 9.59 Å². The van der Waals surface area contributed by atoms with Crippen molar-refractivity contribution in [3.8, 4) is 23.0 Å². The molecule has 2 amide bonds. The Hall–Kier alpha value is -3.56. The third kappa shape index (κ3) is 4.96. The molecule has 8 nitrogen and oxygen atoms in total. The molecule has 1 fully saturated rings. The maximum absolute atomic E-state index is 12.7. The Labute approximate surface area is 177 Å². The Bertz CT molecular complexity index is 969. The van der Waals surface area contributed by atoms with Crippen LogP contribution < -0.4 is 29.2 Å². The molecule has 1 saturated heterocycles. The number of methoxy groups -OCH3 is 3. The average molecular weight is 436 g/mol. The van der Waals surface area contributed by atoms with Crippen molar-refractivity contribution in [2.24, 2.45) is 5.92 Å². The molecule has 1 aliphatic rings. The fourth-order valence-corrected chi connectivity index (χ4v) is 3.31. The molecule has 1 N–H and O–H groups in total. The minimum absolute atomic E-state index is 0.0112. The van der Waals surface area contributed by atoms with Gasteiger partial charge in [-0.25, -0.2) is 0 Å². The van der Waals surface area contributed by atoms with Crippen LogP contribution in [0.5, 0.6) is 23.0 Å². The number of rotatable bonds is 8. The molecular formula is C21H22F2N2O6. The molecule has 1 unspecified atom stereocenters. The first-order valence-corrected chi connectivity index (χ1v) is 9.32. The third-order valence-electron chi connectivity index (χ3n) is 4.82. The molecule has 1 atom stereocenters. The molecule has 1 heterocycles. The quantitative estimate of drug-likeness (QED) is 0.684. The SMILES string of the molecule is COc1ccc(OC)c(N2CC(C(=O)Nc3ccc(OC)c(OC(F)F)c3)CC2=O)c1. The molecule has 2 aromatic rings. The van der Waals surface area contributed by atoms with Crippen LogP contribution >= 0.6 is 0 Å². The van der Waals surface area contributed by atoms with Crippen molar-refractivity contribution in [2.45, 2.75) is 13.0 Å². The number of ether oxygens (including phenoxy) is 4. The molecule has 0 saturated carbocycles. The van der Waals surface area contributed by atoms with E-state index in [0.29, 0.717) is 17.2 Å². The van der Waals surface area contributed by atoms with Gasteiger partial charge >= 0.3 is 6.61 Å². The summed E-state index contributed by atoms with van der Waals surface area (Å²) in [7, 11) is 4.31. The Morgan fingerprint density at radius 3 is 2.39 bits per heavy atom. The van der Waals surface area contributed by atoms with Gasteiger partial charge in [0.15, 0.2) is 11.5 Å². The summed E-state index contributed by atoms with van der Waals surface area (Å²) in [5.41, 5.74) is 0.741. The number of halogens is 2. The summed E-state index contributed by atoms with van der Waals surface area (Å²) in [6, 6.07) is 9.18. The summed E-state index contributed by atoms with van der Waals surface area (Å²) >= 11 is 0. The molecule has 1 aliphatic heterocycles. The van der Waals surface area contributed by atoms with E-state index in [1.165, 1.54) is 44.4 Å². The van der Waals surface area contributed by atoms with Crippen LogP contribution in [0.15, 0.2) is 36.4 Å². The first-order valence-electron chi connectivity index (χ1n) is 9.32. The fraction of sp³-hybridized carbons (Fsp3) is 0.333. The van der Waals surface area contributed by atoms with Crippen molar-refractivity contribution in [1.82, 2.24) is 0 Å². The number of nitrogens with zero attached hydrogens (tertiary/aromatic N) is 1. The van der Waals surface area contributed by atoms with Gasteiger partial charge in [0, 0.05) is 30.8 Å². The van der Waals surface area contributed by atoms with Gasteiger partial charge in [-0.3, -0.25) is 9.59 Å². The van der Waals surface area contributed by atoms with Crippen molar-refractivity contribution >= 4 is 23.2 Å². The van der Waals surface area contributed by atoms with Crippen molar-refractivity contribution < 1.29 is 37.3 Å². The lowest BCUT2D eigenvalue weighted by Crippen LogP contribution is -2.28. The standard InChI is InChI=1S/C21H22F2N2O6/c1-28-14-5-7-16(29-2)15(10-14)25-11-12(8-19(25)26)20(27)24-13-4-6-17(30-3)18(9-13)31-21(22)23/h4-7,9-10,12,21H,8,11H2,1-3H3,(H,24,27). The molecule has 0 bridgehead atoms. The first kappa shape index (κ1) is 22.1. The van der Waals surface area contributed by atoms with Crippen LogP contribution in [0.3, 0.4) is 0 Å². The summed E-state index contributed by atoms with van der Waals surface area (Å²) in [5.74, 6) is -0.411. The van der Waals surface area contributed by atoms with Crippen molar-refractivity contribution in [3.63, 3.8) is 0 Å². The second-order valence-electron chi connectivity index (χ2n) is 6.68. The van der Waals surface area contributed by atoms with Gasteiger partial charge in [0.05, 0.1) is 32.9 Å². The number of hydrogen-bond acceptors (Lipinski definition) is 6. The average Bonchev–Trinajstić information content (AvgIpc) is 3.14. The van der Waals surface area contributed by atoms with E-state index < -0.39 is 18.4 Å². The van der Waals surface area contributed by atoms with Crippen molar-refractivity contribution in [3.05, 3.63) is 36.4 Å². The zero-order valence-corrected chi connectivity index (χ0v) is 17.2. The number of carbonyl (C=O) groups is 2. The van der Waals surface area contributed by atoms with Crippen LogP contribution in [0.2, 0.25) is 0 Å². The summed E-state index contributed by atoms with van der Waals surface area (Å²) in [4.78, 5) is 26.8.